The van der Waals surface area contributed by atoms with Crippen molar-refractivity contribution in [3.8, 4) is 17.2 Å². The first-order chi connectivity index (χ1) is 14.4. The smallest absolute Gasteiger partial charge is 0.262 e. The Morgan fingerprint density at radius 3 is 2.73 bits per heavy atom. The number of fused-ring (bicyclic) bond motifs is 1. The van der Waals surface area contributed by atoms with Gasteiger partial charge in [-0.05, 0) is 73.5 Å². The number of hydrogen-bond donors (Lipinski definition) is 1. The van der Waals surface area contributed by atoms with E-state index >= 15 is 0 Å². The number of anilines is 1. The summed E-state index contributed by atoms with van der Waals surface area (Å²) in [4.78, 5) is 16.9. The van der Waals surface area contributed by atoms with Gasteiger partial charge in [-0.1, -0.05) is 29.3 Å². The highest BCUT2D eigenvalue weighted by Gasteiger charge is 2.14. The molecule has 0 fully saturated rings. The SMILES string of the molecule is Cc1cc(OCC(=O)Nc2cccc(-c3nc4cc(Cl)ccc4o3)c2C)ccc1Cl. The Balaban J connectivity index is 1.50. The van der Waals surface area contributed by atoms with E-state index in [1.807, 2.05) is 32.0 Å². The zero-order valence-corrected chi connectivity index (χ0v) is 17.8. The van der Waals surface area contributed by atoms with Crippen LogP contribution in [0.15, 0.2) is 59.0 Å². The fourth-order valence-corrected chi connectivity index (χ4v) is 3.34. The Morgan fingerprint density at radius 1 is 1.10 bits per heavy atom. The molecule has 152 valence electrons. The van der Waals surface area contributed by atoms with Gasteiger partial charge in [0.25, 0.3) is 5.91 Å². The molecule has 0 spiro atoms. The van der Waals surface area contributed by atoms with Crippen LogP contribution in [0.3, 0.4) is 0 Å². The molecule has 0 aliphatic rings. The fraction of sp³-hybridized carbons (Fsp3) is 0.130. The van der Waals surface area contributed by atoms with Crippen LogP contribution in [0.4, 0.5) is 5.69 Å². The number of halogens is 2. The monoisotopic (exact) mass is 440 g/mol. The average molecular weight is 441 g/mol. The maximum Gasteiger partial charge on any atom is 0.262 e. The normalized spacial score (nSPS) is 10.9. The molecule has 0 aliphatic heterocycles. The van der Waals surface area contributed by atoms with Crippen molar-refractivity contribution in [1.82, 2.24) is 4.98 Å². The summed E-state index contributed by atoms with van der Waals surface area (Å²) in [5.41, 5.74) is 4.50. The maximum absolute atomic E-state index is 12.4. The number of rotatable bonds is 5. The van der Waals surface area contributed by atoms with Crippen LogP contribution in [0.1, 0.15) is 11.1 Å². The van der Waals surface area contributed by atoms with Crippen LogP contribution >= 0.6 is 23.2 Å². The summed E-state index contributed by atoms with van der Waals surface area (Å²) in [6.07, 6.45) is 0. The maximum atomic E-state index is 12.4. The Hall–Kier alpha value is -3.02. The molecule has 1 N–H and O–H groups in total. The largest absolute Gasteiger partial charge is 0.484 e. The van der Waals surface area contributed by atoms with Crippen molar-refractivity contribution in [3.63, 3.8) is 0 Å². The summed E-state index contributed by atoms with van der Waals surface area (Å²) in [6, 6.07) is 16.1. The number of ether oxygens (including phenoxy) is 1. The van der Waals surface area contributed by atoms with Gasteiger partial charge in [0.15, 0.2) is 12.2 Å². The van der Waals surface area contributed by atoms with Crippen molar-refractivity contribution >= 4 is 45.9 Å². The predicted molar refractivity (Wildman–Crippen MR) is 120 cm³/mol. The van der Waals surface area contributed by atoms with E-state index in [4.69, 9.17) is 32.4 Å². The third-order valence-electron chi connectivity index (χ3n) is 4.69. The van der Waals surface area contributed by atoms with Crippen molar-refractivity contribution < 1.29 is 13.9 Å². The third-order valence-corrected chi connectivity index (χ3v) is 5.35. The molecule has 4 rings (SSSR count). The zero-order chi connectivity index (χ0) is 21.3. The van der Waals surface area contributed by atoms with Gasteiger partial charge in [-0.3, -0.25) is 4.79 Å². The summed E-state index contributed by atoms with van der Waals surface area (Å²) in [7, 11) is 0. The Morgan fingerprint density at radius 2 is 1.93 bits per heavy atom. The van der Waals surface area contributed by atoms with E-state index in [1.54, 1.807) is 36.4 Å². The number of oxazole rings is 1. The van der Waals surface area contributed by atoms with Crippen molar-refractivity contribution in [2.24, 2.45) is 0 Å². The van der Waals surface area contributed by atoms with Crippen LogP contribution in [0.25, 0.3) is 22.6 Å². The Labute approximate surface area is 183 Å². The van der Waals surface area contributed by atoms with E-state index in [9.17, 15) is 4.79 Å². The second-order valence-corrected chi connectivity index (χ2v) is 7.70. The van der Waals surface area contributed by atoms with E-state index in [1.165, 1.54) is 0 Å². The summed E-state index contributed by atoms with van der Waals surface area (Å²) in [5.74, 6) is 0.781. The first kappa shape index (κ1) is 20.3. The van der Waals surface area contributed by atoms with Gasteiger partial charge >= 0.3 is 0 Å². The summed E-state index contributed by atoms with van der Waals surface area (Å²) < 4.78 is 11.4. The molecule has 1 aromatic heterocycles. The van der Waals surface area contributed by atoms with Crippen LogP contribution in [-0.2, 0) is 4.79 Å². The summed E-state index contributed by atoms with van der Waals surface area (Å²) in [6.45, 7) is 3.66. The summed E-state index contributed by atoms with van der Waals surface area (Å²) >= 11 is 12.0. The number of nitrogens with zero attached hydrogens (tertiary/aromatic N) is 1. The topological polar surface area (TPSA) is 64.4 Å². The van der Waals surface area contributed by atoms with E-state index < -0.39 is 0 Å². The number of carbonyl (C=O) groups excluding carboxylic acids is 1. The number of nitrogens with one attached hydrogen (secondary N) is 1. The third kappa shape index (κ3) is 4.27. The molecule has 0 atom stereocenters. The first-order valence-corrected chi connectivity index (χ1v) is 10.0. The molecule has 1 amide bonds. The summed E-state index contributed by atoms with van der Waals surface area (Å²) in [5, 5.41) is 4.13. The Bertz CT molecular complexity index is 1250. The number of hydrogen-bond acceptors (Lipinski definition) is 4. The van der Waals surface area contributed by atoms with E-state index in [0.717, 1.165) is 16.7 Å². The van der Waals surface area contributed by atoms with Crippen molar-refractivity contribution in [2.75, 3.05) is 11.9 Å². The minimum Gasteiger partial charge on any atom is -0.484 e. The Kier molecular flexibility index (Phi) is 5.66. The molecule has 0 bridgehead atoms. The molecule has 3 aromatic carbocycles. The fourth-order valence-electron chi connectivity index (χ4n) is 3.06. The molecular formula is C23H18Cl2N2O3. The second-order valence-electron chi connectivity index (χ2n) is 6.86. The highest BCUT2D eigenvalue weighted by atomic mass is 35.5. The van der Waals surface area contributed by atoms with Crippen LogP contribution in [0, 0.1) is 13.8 Å². The molecule has 0 saturated carbocycles. The highest BCUT2D eigenvalue weighted by Crippen LogP contribution is 2.31. The number of amides is 1. The quantitative estimate of drug-likeness (QED) is 0.387. The number of carbonyl (C=O) groups is 1. The molecule has 4 aromatic rings. The van der Waals surface area contributed by atoms with Crippen molar-refractivity contribution in [2.45, 2.75) is 13.8 Å². The molecule has 0 unspecified atom stereocenters. The lowest BCUT2D eigenvalue weighted by atomic mass is 10.1. The highest BCUT2D eigenvalue weighted by molar-refractivity contribution is 6.31. The lowest BCUT2D eigenvalue weighted by Crippen LogP contribution is -2.20. The lowest BCUT2D eigenvalue weighted by Gasteiger charge is -2.12. The minimum absolute atomic E-state index is 0.119. The van der Waals surface area contributed by atoms with E-state index in [2.05, 4.69) is 10.3 Å². The predicted octanol–water partition coefficient (Wildman–Crippen LogP) is 6.44. The van der Waals surface area contributed by atoms with Crippen molar-refractivity contribution in [1.29, 1.82) is 0 Å². The van der Waals surface area contributed by atoms with Gasteiger partial charge < -0.3 is 14.5 Å². The molecule has 5 nitrogen and oxygen atoms in total. The molecule has 0 radical (unpaired) electrons. The van der Waals surface area contributed by atoms with Gasteiger partial charge in [-0.15, -0.1) is 0 Å². The van der Waals surface area contributed by atoms with Gasteiger partial charge in [0.05, 0.1) is 0 Å². The van der Waals surface area contributed by atoms with E-state index in [-0.39, 0.29) is 12.5 Å². The van der Waals surface area contributed by atoms with Crippen molar-refractivity contribution in [3.05, 3.63) is 75.8 Å². The van der Waals surface area contributed by atoms with Crippen LogP contribution in [0.2, 0.25) is 10.0 Å². The lowest BCUT2D eigenvalue weighted by molar-refractivity contribution is -0.118. The molecule has 0 aliphatic carbocycles. The zero-order valence-electron chi connectivity index (χ0n) is 16.3. The van der Waals surface area contributed by atoms with E-state index in [0.29, 0.717) is 38.5 Å². The van der Waals surface area contributed by atoms with Gasteiger partial charge in [-0.2, -0.15) is 0 Å². The molecule has 30 heavy (non-hydrogen) atoms. The average Bonchev–Trinajstić information content (AvgIpc) is 3.13. The van der Waals surface area contributed by atoms with Gasteiger partial charge in [0.1, 0.15) is 11.3 Å². The molecule has 0 saturated heterocycles. The standard InChI is InChI=1S/C23H18Cl2N2O3/c1-13-10-16(7-8-18(13)25)29-12-22(28)26-19-5-3-4-17(14(19)2)23-27-20-11-15(24)6-9-21(20)30-23/h3-11H,12H2,1-2H3,(H,26,28). The minimum atomic E-state index is -0.271. The van der Waals surface area contributed by atoms with Gasteiger partial charge in [-0.25, -0.2) is 4.98 Å². The number of aryl methyl sites for hydroxylation is 1. The van der Waals surface area contributed by atoms with Gasteiger partial charge in [0, 0.05) is 21.3 Å². The number of benzene rings is 3. The van der Waals surface area contributed by atoms with Crippen LogP contribution in [-0.4, -0.2) is 17.5 Å². The molecule has 7 heteroatoms. The van der Waals surface area contributed by atoms with Crippen LogP contribution in [0.5, 0.6) is 5.75 Å². The molecule has 1 heterocycles. The van der Waals surface area contributed by atoms with Crippen LogP contribution < -0.4 is 10.1 Å². The van der Waals surface area contributed by atoms with Gasteiger partial charge in [0.2, 0.25) is 5.89 Å². The second kappa shape index (κ2) is 8.38. The molecular weight excluding hydrogens is 423 g/mol. The first-order valence-electron chi connectivity index (χ1n) is 9.25. The number of aromatic nitrogens is 1.